The van der Waals surface area contributed by atoms with Crippen LogP contribution in [0, 0.1) is 0 Å². The Balaban J connectivity index is 1.76. The van der Waals surface area contributed by atoms with Gasteiger partial charge in [-0.25, -0.2) is 14.4 Å². The first-order valence-corrected chi connectivity index (χ1v) is 11.1. The molecule has 1 heterocycles. The first-order valence-electron chi connectivity index (χ1n) is 11.1. The van der Waals surface area contributed by atoms with Crippen LogP contribution in [0.5, 0.6) is 11.5 Å². The summed E-state index contributed by atoms with van der Waals surface area (Å²) in [7, 11) is 0. The Hall–Kier alpha value is -2.21. The van der Waals surface area contributed by atoms with Gasteiger partial charge < -0.3 is 14.6 Å². The number of aliphatic hydroxyl groups is 1. The third-order valence-corrected chi connectivity index (χ3v) is 4.89. The Labute approximate surface area is 179 Å². The number of unbranched alkanes of at least 4 members (excludes halogenated alkanes) is 3. The average Bonchev–Trinajstić information content (AvgIpc) is 2.77. The molecule has 0 fully saturated rings. The van der Waals surface area contributed by atoms with Gasteiger partial charge in [-0.2, -0.15) is 0 Å². The molecule has 2 atom stereocenters. The number of alkyl halides is 1. The second kappa shape index (κ2) is 13.9. The van der Waals surface area contributed by atoms with Crippen LogP contribution < -0.4 is 9.47 Å². The quantitative estimate of drug-likeness (QED) is 0.373. The zero-order valence-electron chi connectivity index (χ0n) is 18.2. The van der Waals surface area contributed by atoms with Gasteiger partial charge in [0.1, 0.15) is 18.5 Å². The van der Waals surface area contributed by atoms with Gasteiger partial charge in [-0.3, -0.25) is 0 Å². The molecule has 0 spiro atoms. The van der Waals surface area contributed by atoms with Crippen LogP contribution in [-0.2, 0) is 0 Å². The first-order chi connectivity index (χ1) is 14.6. The summed E-state index contributed by atoms with van der Waals surface area (Å²) >= 11 is 0. The van der Waals surface area contributed by atoms with Crippen LogP contribution in [0.3, 0.4) is 0 Å². The maximum absolute atomic E-state index is 13.7. The molecule has 2 aromatic rings. The van der Waals surface area contributed by atoms with Gasteiger partial charge in [0, 0.05) is 12.0 Å². The molecule has 5 nitrogen and oxygen atoms in total. The third-order valence-electron chi connectivity index (χ3n) is 4.89. The summed E-state index contributed by atoms with van der Waals surface area (Å²) < 4.78 is 24.9. The van der Waals surface area contributed by atoms with Crippen LogP contribution >= 0.6 is 0 Å². The van der Waals surface area contributed by atoms with Crippen LogP contribution in [0.1, 0.15) is 65.2 Å². The van der Waals surface area contributed by atoms with Crippen molar-refractivity contribution in [1.82, 2.24) is 9.97 Å². The van der Waals surface area contributed by atoms with Gasteiger partial charge in [0.2, 0.25) is 0 Å². The van der Waals surface area contributed by atoms with E-state index in [-0.39, 0.29) is 6.61 Å². The minimum atomic E-state index is -0.796. The predicted molar refractivity (Wildman–Crippen MR) is 118 cm³/mol. The molecule has 2 rings (SSSR count). The van der Waals surface area contributed by atoms with Crippen LogP contribution in [-0.4, -0.2) is 40.6 Å². The minimum Gasteiger partial charge on any atom is -0.493 e. The number of rotatable bonds is 15. The van der Waals surface area contributed by atoms with Crippen molar-refractivity contribution in [3.05, 3.63) is 36.7 Å². The van der Waals surface area contributed by atoms with E-state index < -0.39 is 12.3 Å². The Morgan fingerprint density at radius 3 is 2.23 bits per heavy atom. The Morgan fingerprint density at radius 2 is 1.57 bits per heavy atom. The molecule has 0 saturated heterocycles. The lowest BCUT2D eigenvalue weighted by atomic mass is 10.1. The number of aromatic nitrogens is 2. The fraction of sp³-hybridized carbons (Fsp3) is 0.583. The summed E-state index contributed by atoms with van der Waals surface area (Å²) in [4.78, 5) is 8.68. The smallest absolute Gasteiger partial charge is 0.159 e. The summed E-state index contributed by atoms with van der Waals surface area (Å²) in [6.45, 7) is 4.82. The molecule has 166 valence electrons. The second-order valence-corrected chi connectivity index (χ2v) is 7.60. The van der Waals surface area contributed by atoms with Gasteiger partial charge in [0.05, 0.1) is 25.1 Å². The third kappa shape index (κ3) is 9.08. The molecule has 0 aliphatic carbocycles. The van der Waals surface area contributed by atoms with E-state index >= 15 is 0 Å². The fourth-order valence-electron chi connectivity index (χ4n) is 3.02. The molecule has 0 bridgehead atoms. The van der Waals surface area contributed by atoms with Crippen molar-refractivity contribution in [1.29, 1.82) is 0 Å². The van der Waals surface area contributed by atoms with E-state index in [0.717, 1.165) is 44.1 Å². The van der Waals surface area contributed by atoms with Gasteiger partial charge in [0.15, 0.2) is 11.6 Å². The largest absolute Gasteiger partial charge is 0.493 e. The lowest BCUT2D eigenvalue weighted by molar-refractivity contribution is 0.0972. The molecule has 0 saturated carbocycles. The van der Waals surface area contributed by atoms with Gasteiger partial charge in [-0.1, -0.05) is 46.0 Å². The van der Waals surface area contributed by atoms with Crippen LogP contribution in [0.25, 0.3) is 11.4 Å². The summed E-state index contributed by atoms with van der Waals surface area (Å²) in [5.74, 6) is 1.83. The number of hydrogen-bond donors (Lipinski definition) is 1. The molecule has 0 aliphatic rings. The molecule has 1 aromatic heterocycles. The van der Waals surface area contributed by atoms with Crippen molar-refractivity contribution >= 4 is 0 Å². The second-order valence-electron chi connectivity index (χ2n) is 7.60. The van der Waals surface area contributed by atoms with Crippen molar-refractivity contribution in [2.24, 2.45) is 0 Å². The number of halogens is 1. The Morgan fingerprint density at radius 1 is 0.867 bits per heavy atom. The number of ether oxygens (including phenoxy) is 2. The lowest BCUT2D eigenvalue weighted by Crippen LogP contribution is -2.17. The van der Waals surface area contributed by atoms with Gasteiger partial charge in [-0.15, -0.1) is 0 Å². The van der Waals surface area contributed by atoms with Gasteiger partial charge in [0.25, 0.3) is 0 Å². The highest BCUT2D eigenvalue weighted by Gasteiger charge is 2.08. The number of benzene rings is 1. The molecule has 0 radical (unpaired) electrons. The summed E-state index contributed by atoms with van der Waals surface area (Å²) in [5.41, 5.74) is 0.861. The topological polar surface area (TPSA) is 64.5 Å². The number of hydrogen-bond acceptors (Lipinski definition) is 5. The molecule has 30 heavy (non-hydrogen) atoms. The van der Waals surface area contributed by atoms with Crippen LogP contribution in [0.15, 0.2) is 36.7 Å². The molecule has 0 amide bonds. The standard InChI is InChI=1S/C24H35FN2O3/c1-3-5-7-9-21(28)18-30-23-16-26-24(27-17-23)19-10-12-22(13-11-19)29-15-14-20(25)8-6-4-2/h10-13,16-17,20-21,28H,3-9,14-15,18H2,1-2H3. The zero-order valence-corrected chi connectivity index (χ0v) is 18.2. The molecule has 6 heteroatoms. The summed E-state index contributed by atoms with van der Waals surface area (Å²) in [5, 5.41) is 9.93. The van der Waals surface area contributed by atoms with E-state index in [1.807, 2.05) is 24.3 Å². The van der Waals surface area contributed by atoms with Crippen molar-refractivity contribution < 1.29 is 19.0 Å². The van der Waals surface area contributed by atoms with Crippen LogP contribution in [0.2, 0.25) is 0 Å². The molecule has 1 N–H and O–H groups in total. The first kappa shape index (κ1) is 24.1. The monoisotopic (exact) mass is 418 g/mol. The minimum absolute atomic E-state index is 0.247. The SMILES string of the molecule is CCCCCC(O)COc1cnc(-c2ccc(OCCC(F)CCCC)cc2)nc1. The van der Waals surface area contributed by atoms with Crippen molar-refractivity contribution in [3.8, 4) is 22.9 Å². The molecule has 1 aromatic carbocycles. The van der Waals surface area contributed by atoms with E-state index in [9.17, 15) is 9.50 Å². The maximum Gasteiger partial charge on any atom is 0.159 e. The highest BCUT2D eigenvalue weighted by Crippen LogP contribution is 2.21. The molecular formula is C24H35FN2O3. The van der Waals surface area contributed by atoms with Crippen molar-refractivity contribution in [3.63, 3.8) is 0 Å². The van der Waals surface area contributed by atoms with E-state index in [1.165, 1.54) is 0 Å². The average molecular weight is 419 g/mol. The zero-order chi connectivity index (χ0) is 21.6. The normalized spacial score (nSPS) is 13.1. The van der Waals surface area contributed by atoms with Crippen LogP contribution in [0.4, 0.5) is 4.39 Å². The predicted octanol–water partition coefficient (Wildman–Crippen LogP) is 5.76. The fourth-order valence-corrected chi connectivity index (χ4v) is 3.02. The summed E-state index contributed by atoms with van der Waals surface area (Å²) in [6, 6.07) is 7.45. The van der Waals surface area contributed by atoms with Crippen molar-refractivity contribution in [2.75, 3.05) is 13.2 Å². The van der Waals surface area contributed by atoms with E-state index in [2.05, 4.69) is 23.8 Å². The van der Waals surface area contributed by atoms with E-state index in [0.29, 0.717) is 36.8 Å². The van der Waals surface area contributed by atoms with Gasteiger partial charge >= 0.3 is 0 Å². The van der Waals surface area contributed by atoms with E-state index in [1.54, 1.807) is 12.4 Å². The van der Waals surface area contributed by atoms with Crippen molar-refractivity contribution in [2.45, 2.75) is 77.5 Å². The maximum atomic E-state index is 13.7. The highest BCUT2D eigenvalue weighted by atomic mass is 19.1. The number of nitrogens with zero attached hydrogens (tertiary/aromatic N) is 2. The van der Waals surface area contributed by atoms with Gasteiger partial charge in [-0.05, 0) is 37.1 Å². The molecular weight excluding hydrogens is 383 g/mol. The van der Waals surface area contributed by atoms with E-state index in [4.69, 9.17) is 9.47 Å². The highest BCUT2D eigenvalue weighted by molar-refractivity contribution is 5.56. The molecule has 0 aliphatic heterocycles. The Kier molecular flexibility index (Phi) is 11.2. The number of aliphatic hydroxyl groups excluding tert-OH is 1. The Bertz CT molecular complexity index is 695. The lowest BCUT2D eigenvalue weighted by Gasteiger charge is -2.12. The summed E-state index contributed by atoms with van der Waals surface area (Å²) in [6.07, 6.45) is 8.91. The molecule has 2 unspecified atom stereocenters.